The van der Waals surface area contributed by atoms with Crippen molar-refractivity contribution in [3.8, 4) is 22.8 Å². The van der Waals surface area contributed by atoms with E-state index in [2.05, 4.69) is 41.9 Å². The minimum Gasteiger partial charge on any atom is -0.457 e. The van der Waals surface area contributed by atoms with E-state index in [1.54, 1.807) is 4.90 Å². The molecule has 8 rings (SSSR count). The Labute approximate surface area is 290 Å². The molecule has 1 unspecified atom stereocenters. The SMILES string of the molecule is Nc1ncnc2c1c(-c1ccc(Oc3ccccc3)cc1)nn2C1CCCN(CC2CCN(c3ccc(N4CCC(=O)NC4=O)cc3)CC2)C1. The van der Waals surface area contributed by atoms with Crippen LogP contribution < -0.4 is 25.6 Å². The topological polar surface area (TPSA) is 135 Å². The lowest BCUT2D eigenvalue weighted by molar-refractivity contribution is -0.120. The highest BCUT2D eigenvalue weighted by Crippen LogP contribution is 2.35. The third-order valence-electron chi connectivity index (χ3n) is 10.2. The fourth-order valence-corrected chi connectivity index (χ4v) is 7.55. The van der Waals surface area contributed by atoms with Gasteiger partial charge in [-0.1, -0.05) is 18.2 Å². The molecule has 2 aromatic heterocycles. The summed E-state index contributed by atoms with van der Waals surface area (Å²) in [6.45, 7) is 5.47. The van der Waals surface area contributed by atoms with Gasteiger partial charge in [0.25, 0.3) is 0 Å². The number of aromatic nitrogens is 4. The Balaban J connectivity index is 0.909. The molecule has 3 N–H and O–H groups in total. The molecule has 3 fully saturated rings. The Morgan fingerprint density at radius 3 is 2.32 bits per heavy atom. The van der Waals surface area contributed by atoms with Gasteiger partial charge < -0.3 is 20.3 Å². The van der Waals surface area contributed by atoms with Crippen LogP contribution in [0, 0.1) is 5.92 Å². The molecule has 3 saturated heterocycles. The molecule has 0 spiro atoms. The van der Waals surface area contributed by atoms with Crippen molar-refractivity contribution in [2.24, 2.45) is 5.92 Å². The number of benzene rings is 3. The van der Waals surface area contributed by atoms with Gasteiger partial charge in [0.15, 0.2) is 5.65 Å². The number of nitrogen functional groups attached to an aromatic ring is 1. The highest BCUT2D eigenvalue weighted by molar-refractivity contribution is 6.05. The first-order valence-electron chi connectivity index (χ1n) is 17.5. The zero-order chi connectivity index (χ0) is 34.0. The summed E-state index contributed by atoms with van der Waals surface area (Å²) in [5.41, 5.74) is 10.9. The second-order valence-electron chi connectivity index (χ2n) is 13.4. The number of anilines is 3. The molecule has 3 aliphatic heterocycles. The van der Waals surface area contributed by atoms with E-state index in [1.807, 2.05) is 66.7 Å². The molecule has 0 radical (unpaired) electrons. The second kappa shape index (κ2) is 13.8. The third kappa shape index (κ3) is 6.58. The number of nitrogens with zero attached hydrogens (tertiary/aromatic N) is 7. The van der Waals surface area contributed by atoms with Gasteiger partial charge in [-0.3, -0.25) is 15.0 Å². The Morgan fingerprint density at radius 1 is 0.820 bits per heavy atom. The van der Waals surface area contributed by atoms with E-state index in [1.165, 1.54) is 12.0 Å². The Hall–Kier alpha value is -5.49. The van der Waals surface area contributed by atoms with Crippen LogP contribution in [-0.4, -0.2) is 75.9 Å². The zero-order valence-electron chi connectivity index (χ0n) is 27.9. The molecule has 3 amide bonds. The van der Waals surface area contributed by atoms with Crippen molar-refractivity contribution in [3.63, 3.8) is 0 Å². The first-order chi connectivity index (χ1) is 24.5. The van der Waals surface area contributed by atoms with Gasteiger partial charge in [0, 0.05) is 56.1 Å². The molecule has 3 aliphatic rings. The van der Waals surface area contributed by atoms with Gasteiger partial charge in [0.1, 0.15) is 29.3 Å². The number of piperidine rings is 2. The van der Waals surface area contributed by atoms with Crippen LogP contribution >= 0.6 is 0 Å². The lowest BCUT2D eigenvalue weighted by Gasteiger charge is -2.39. The van der Waals surface area contributed by atoms with Crippen LogP contribution in [0.1, 0.15) is 38.1 Å². The quantitative estimate of drug-likeness (QED) is 0.208. The standard InChI is InChI=1S/C38H41N9O3/c39-36-34-35(27-8-14-32(15-9-27)50-31-6-2-1-3-7-31)43-47(37(34)41-25-40-36)30-5-4-19-44(24-30)23-26-16-20-45(21-17-26)28-10-12-29(13-11-28)46-22-18-33(48)42-38(46)49/h1-3,6-15,25-26,30H,4-5,16-24H2,(H2,39,40,41)(H,42,48,49). The highest BCUT2D eigenvalue weighted by Gasteiger charge is 2.30. The predicted molar refractivity (Wildman–Crippen MR) is 193 cm³/mol. The average molecular weight is 672 g/mol. The van der Waals surface area contributed by atoms with Gasteiger partial charge >= 0.3 is 6.03 Å². The van der Waals surface area contributed by atoms with Crippen molar-refractivity contribution in [3.05, 3.63) is 85.2 Å². The monoisotopic (exact) mass is 671 g/mol. The first kappa shape index (κ1) is 31.8. The Kier molecular flexibility index (Phi) is 8.76. The number of nitrogens with one attached hydrogen (secondary N) is 1. The molecular weight excluding hydrogens is 630 g/mol. The Morgan fingerprint density at radius 2 is 1.56 bits per heavy atom. The molecule has 50 heavy (non-hydrogen) atoms. The summed E-state index contributed by atoms with van der Waals surface area (Å²) >= 11 is 0. The summed E-state index contributed by atoms with van der Waals surface area (Å²) < 4.78 is 8.09. The second-order valence-corrected chi connectivity index (χ2v) is 13.4. The van der Waals surface area contributed by atoms with Gasteiger partial charge in [-0.2, -0.15) is 5.10 Å². The van der Waals surface area contributed by atoms with Crippen LogP contribution in [-0.2, 0) is 4.79 Å². The number of amides is 3. The molecule has 0 aliphatic carbocycles. The number of nitrogens with two attached hydrogens (primary N) is 1. The number of carbonyl (C=O) groups is 2. The van der Waals surface area contributed by atoms with Gasteiger partial charge in [-0.15, -0.1) is 0 Å². The highest BCUT2D eigenvalue weighted by atomic mass is 16.5. The van der Waals surface area contributed by atoms with Crippen molar-refractivity contribution in [1.82, 2.24) is 30.0 Å². The van der Waals surface area contributed by atoms with Crippen LogP contribution in [0.15, 0.2) is 85.2 Å². The summed E-state index contributed by atoms with van der Waals surface area (Å²) in [6.07, 6.45) is 6.24. The van der Waals surface area contributed by atoms with Crippen molar-refractivity contribution in [2.45, 2.75) is 38.1 Å². The molecule has 0 bridgehead atoms. The van der Waals surface area contributed by atoms with Crippen LogP contribution in [0.25, 0.3) is 22.3 Å². The van der Waals surface area contributed by atoms with Crippen LogP contribution in [0.5, 0.6) is 11.5 Å². The first-order valence-corrected chi connectivity index (χ1v) is 17.5. The fraction of sp³-hybridized carbons (Fsp3) is 0.342. The molecule has 12 heteroatoms. The summed E-state index contributed by atoms with van der Waals surface area (Å²) in [5.74, 6) is 2.38. The molecule has 5 aromatic rings. The van der Waals surface area contributed by atoms with Gasteiger partial charge in [0.2, 0.25) is 5.91 Å². The normalized spacial score (nSPS) is 19.2. The summed E-state index contributed by atoms with van der Waals surface area (Å²) in [6, 6.07) is 25.6. The maximum atomic E-state index is 12.2. The summed E-state index contributed by atoms with van der Waals surface area (Å²) in [5, 5.41) is 8.33. The van der Waals surface area contributed by atoms with Crippen molar-refractivity contribution < 1.29 is 14.3 Å². The number of carbonyl (C=O) groups excluding carboxylic acids is 2. The third-order valence-corrected chi connectivity index (χ3v) is 10.2. The number of rotatable bonds is 8. The number of ether oxygens (including phenoxy) is 1. The maximum Gasteiger partial charge on any atom is 0.328 e. The van der Waals surface area contributed by atoms with Crippen LogP contribution in [0.3, 0.4) is 0 Å². The summed E-state index contributed by atoms with van der Waals surface area (Å²) in [7, 11) is 0. The molecule has 12 nitrogen and oxygen atoms in total. The molecule has 0 saturated carbocycles. The number of para-hydroxylation sites is 1. The number of hydrogen-bond donors (Lipinski definition) is 2. The van der Waals surface area contributed by atoms with E-state index in [9.17, 15) is 9.59 Å². The number of urea groups is 1. The molecule has 1 atom stereocenters. The number of fused-ring (bicyclic) bond motifs is 1. The Bertz CT molecular complexity index is 1970. The van der Waals surface area contributed by atoms with Crippen LogP contribution in [0.4, 0.5) is 22.0 Å². The largest absolute Gasteiger partial charge is 0.457 e. The summed E-state index contributed by atoms with van der Waals surface area (Å²) in [4.78, 5) is 39.4. The minimum atomic E-state index is -0.353. The number of likely N-dealkylation sites (tertiary alicyclic amines) is 1. The number of imide groups is 1. The van der Waals surface area contributed by atoms with E-state index < -0.39 is 0 Å². The lowest BCUT2D eigenvalue weighted by atomic mass is 9.94. The lowest BCUT2D eigenvalue weighted by Crippen LogP contribution is -2.49. The average Bonchev–Trinajstić information content (AvgIpc) is 3.54. The van der Waals surface area contributed by atoms with E-state index in [0.29, 0.717) is 24.7 Å². The fourth-order valence-electron chi connectivity index (χ4n) is 7.55. The van der Waals surface area contributed by atoms with Gasteiger partial charge in [-0.25, -0.2) is 19.4 Å². The minimum absolute atomic E-state index is 0.189. The smallest absolute Gasteiger partial charge is 0.328 e. The van der Waals surface area contributed by atoms with Crippen molar-refractivity contribution in [2.75, 3.05) is 54.8 Å². The van der Waals surface area contributed by atoms with E-state index in [4.69, 9.17) is 15.6 Å². The number of hydrogen-bond acceptors (Lipinski definition) is 9. The molecular formula is C38H41N9O3. The zero-order valence-corrected chi connectivity index (χ0v) is 27.9. The van der Waals surface area contributed by atoms with Crippen LogP contribution in [0.2, 0.25) is 0 Å². The van der Waals surface area contributed by atoms with E-state index in [-0.39, 0.29) is 18.0 Å². The predicted octanol–water partition coefficient (Wildman–Crippen LogP) is 5.87. The maximum absolute atomic E-state index is 12.2. The molecule has 256 valence electrons. The van der Waals surface area contributed by atoms with Crippen molar-refractivity contribution in [1.29, 1.82) is 0 Å². The van der Waals surface area contributed by atoms with Gasteiger partial charge in [-0.05, 0) is 98.8 Å². The molecule has 3 aromatic carbocycles. The molecule has 5 heterocycles. The van der Waals surface area contributed by atoms with E-state index >= 15 is 0 Å². The van der Waals surface area contributed by atoms with Gasteiger partial charge in [0.05, 0.1) is 11.4 Å². The van der Waals surface area contributed by atoms with Crippen molar-refractivity contribution >= 4 is 40.2 Å². The van der Waals surface area contributed by atoms with E-state index in [0.717, 1.165) is 97.9 Å².